The molecule has 0 bridgehead atoms. The first-order chi connectivity index (χ1) is 11.5. The van der Waals surface area contributed by atoms with Crippen molar-refractivity contribution in [3.05, 3.63) is 63.7 Å². The summed E-state index contributed by atoms with van der Waals surface area (Å²) in [6.45, 7) is -0.0605. The van der Waals surface area contributed by atoms with Crippen LogP contribution in [0.5, 0.6) is 5.75 Å². The van der Waals surface area contributed by atoms with Crippen molar-refractivity contribution in [1.82, 2.24) is 0 Å². The van der Waals surface area contributed by atoms with Crippen LogP contribution in [0.2, 0.25) is 0 Å². The molecule has 1 amide bonds. The number of nitrogens with one attached hydrogen (secondary N) is 1. The van der Waals surface area contributed by atoms with E-state index in [1.807, 2.05) is 0 Å². The van der Waals surface area contributed by atoms with Gasteiger partial charge in [-0.3, -0.25) is 19.7 Å². The van der Waals surface area contributed by atoms with E-state index in [1.54, 1.807) is 18.2 Å². The molecular weight excluding hydrogens is 380 g/mol. The number of nitrogens with zero attached hydrogens (tertiary/aromatic N) is 1. The molecule has 1 aliphatic rings. The molecule has 0 fully saturated rings. The van der Waals surface area contributed by atoms with E-state index in [2.05, 4.69) is 21.2 Å². The molecule has 0 saturated carbocycles. The summed E-state index contributed by atoms with van der Waals surface area (Å²) in [7, 11) is 0. The number of hydrogen-bond donors (Lipinski definition) is 1. The molecule has 122 valence electrons. The van der Waals surface area contributed by atoms with Crippen LogP contribution in [0.4, 0.5) is 11.4 Å². The van der Waals surface area contributed by atoms with Crippen LogP contribution in [0, 0.1) is 10.1 Å². The number of non-ortho nitro benzene ring substituents is 1. The number of ether oxygens (including phenoxy) is 1. The monoisotopic (exact) mass is 390 g/mol. The maximum Gasteiger partial charge on any atom is 0.269 e. The van der Waals surface area contributed by atoms with Crippen molar-refractivity contribution in [2.24, 2.45) is 0 Å². The number of rotatable bonds is 4. The van der Waals surface area contributed by atoms with Crippen molar-refractivity contribution in [2.45, 2.75) is 4.83 Å². The fourth-order valence-corrected chi connectivity index (χ4v) is 2.88. The van der Waals surface area contributed by atoms with Crippen LogP contribution in [-0.4, -0.2) is 23.2 Å². The summed E-state index contributed by atoms with van der Waals surface area (Å²) in [4.78, 5) is 33.6. The highest BCUT2D eigenvalue weighted by molar-refractivity contribution is 9.09. The number of anilines is 1. The summed E-state index contributed by atoms with van der Waals surface area (Å²) in [5.41, 5.74) is 1.17. The van der Waals surface area contributed by atoms with E-state index in [9.17, 15) is 19.7 Å². The molecule has 1 atom stereocenters. The van der Waals surface area contributed by atoms with E-state index in [-0.39, 0.29) is 24.0 Å². The number of ketones is 1. The van der Waals surface area contributed by atoms with Crippen molar-refractivity contribution >= 4 is 39.0 Å². The number of halogens is 1. The van der Waals surface area contributed by atoms with Gasteiger partial charge < -0.3 is 10.1 Å². The molecule has 1 unspecified atom stereocenters. The van der Waals surface area contributed by atoms with Gasteiger partial charge in [0.25, 0.3) is 11.6 Å². The summed E-state index contributed by atoms with van der Waals surface area (Å²) in [6.07, 6.45) is 0. The minimum atomic E-state index is -0.740. The Morgan fingerprint density at radius 3 is 2.83 bits per heavy atom. The number of benzene rings is 2. The number of amides is 1. The standard InChI is InChI=1S/C16H11BrN2O5/c17-15(9-2-1-3-11(6-9)19(22)23)16(21)10-4-5-13-12(7-10)18-14(20)8-24-13/h1-7,15H,8H2,(H,18,20). The van der Waals surface area contributed by atoms with Crippen LogP contribution in [0.3, 0.4) is 0 Å². The van der Waals surface area contributed by atoms with Crippen LogP contribution >= 0.6 is 15.9 Å². The van der Waals surface area contributed by atoms with Crippen LogP contribution in [0.15, 0.2) is 42.5 Å². The molecule has 0 radical (unpaired) electrons. The number of carbonyl (C=O) groups excluding carboxylic acids is 2. The molecule has 2 aromatic carbocycles. The maximum absolute atomic E-state index is 12.6. The average molecular weight is 391 g/mol. The highest BCUT2D eigenvalue weighted by Gasteiger charge is 2.23. The van der Waals surface area contributed by atoms with Crippen molar-refractivity contribution in [2.75, 3.05) is 11.9 Å². The van der Waals surface area contributed by atoms with Gasteiger partial charge in [-0.1, -0.05) is 28.1 Å². The SMILES string of the molecule is O=C1COc2ccc(C(=O)C(Br)c3cccc([N+](=O)[O-])c3)cc2N1. The lowest BCUT2D eigenvalue weighted by molar-refractivity contribution is -0.384. The second-order valence-electron chi connectivity index (χ2n) is 5.13. The smallest absolute Gasteiger partial charge is 0.269 e. The first-order valence-corrected chi connectivity index (χ1v) is 7.86. The van der Waals surface area contributed by atoms with Gasteiger partial charge in [0.05, 0.1) is 10.6 Å². The van der Waals surface area contributed by atoms with Crippen molar-refractivity contribution in [1.29, 1.82) is 0 Å². The van der Waals surface area contributed by atoms with Gasteiger partial charge in [-0.2, -0.15) is 0 Å². The van der Waals surface area contributed by atoms with Gasteiger partial charge in [0.2, 0.25) is 0 Å². The van der Waals surface area contributed by atoms with Crippen LogP contribution in [0.25, 0.3) is 0 Å². The molecule has 0 aromatic heterocycles. The predicted octanol–water partition coefficient (Wildman–Crippen LogP) is 3.24. The van der Waals surface area contributed by atoms with Crippen molar-refractivity contribution in [3.8, 4) is 5.75 Å². The molecule has 0 aliphatic carbocycles. The number of fused-ring (bicyclic) bond motifs is 1. The number of carbonyl (C=O) groups is 2. The van der Waals surface area contributed by atoms with Gasteiger partial charge in [-0.25, -0.2) is 0 Å². The van der Waals surface area contributed by atoms with E-state index < -0.39 is 9.75 Å². The molecule has 3 rings (SSSR count). The van der Waals surface area contributed by atoms with E-state index in [1.165, 1.54) is 24.3 Å². The lowest BCUT2D eigenvalue weighted by atomic mass is 10.0. The molecule has 24 heavy (non-hydrogen) atoms. The Bertz CT molecular complexity index is 852. The Labute approximate surface area is 144 Å². The molecule has 1 aliphatic heterocycles. The average Bonchev–Trinajstić information content (AvgIpc) is 2.59. The van der Waals surface area contributed by atoms with E-state index >= 15 is 0 Å². The van der Waals surface area contributed by atoms with Gasteiger partial charge >= 0.3 is 0 Å². The van der Waals surface area contributed by atoms with Gasteiger partial charge in [0.15, 0.2) is 12.4 Å². The summed E-state index contributed by atoms with van der Waals surface area (Å²) < 4.78 is 5.25. The van der Waals surface area contributed by atoms with Gasteiger partial charge in [0.1, 0.15) is 10.6 Å². The molecule has 1 heterocycles. The van der Waals surface area contributed by atoms with E-state index in [4.69, 9.17) is 4.74 Å². The predicted molar refractivity (Wildman–Crippen MR) is 89.7 cm³/mol. The third-order valence-corrected chi connectivity index (χ3v) is 4.45. The largest absolute Gasteiger partial charge is 0.482 e. The zero-order chi connectivity index (χ0) is 17.3. The first-order valence-electron chi connectivity index (χ1n) is 6.95. The minimum absolute atomic E-state index is 0.0605. The fraction of sp³-hybridized carbons (Fsp3) is 0.125. The Hall–Kier alpha value is -2.74. The minimum Gasteiger partial charge on any atom is -0.482 e. The summed E-state index contributed by atoms with van der Waals surface area (Å²) >= 11 is 3.29. The summed E-state index contributed by atoms with van der Waals surface area (Å²) in [6, 6.07) is 10.6. The quantitative estimate of drug-likeness (QED) is 0.373. The Morgan fingerprint density at radius 2 is 2.08 bits per heavy atom. The van der Waals surface area contributed by atoms with Crippen LogP contribution < -0.4 is 10.1 Å². The highest BCUT2D eigenvalue weighted by Crippen LogP contribution is 2.33. The number of alkyl halides is 1. The highest BCUT2D eigenvalue weighted by atomic mass is 79.9. The second-order valence-corrected chi connectivity index (χ2v) is 6.04. The Balaban J connectivity index is 1.88. The third-order valence-electron chi connectivity index (χ3n) is 3.50. The Kier molecular flexibility index (Phi) is 4.30. The molecule has 1 N–H and O–H groups in total. The third kappa shape index (κ3) is 3.13. The normalized spacial score (nSPS) is 14.1. The number of Topliss-reactive ketones (excluding diaryl/α,β-unsaturated/α-hetero) is 1. The number of nitro groups is 1. The summed E-state index contributed by atoms with van der Waals surface area (Å²) in [5.74, 6) is -0.0769. The molecule has 7 nitrogen and oxygen atoms in total. The van der Waals surface area contributed by atoms with Crippen LogP contribution in [0.1, 0.15) is 20.7 Å². The lowest BCUT2D eigenvalue weighted by Crippen LogP contribution is -2.25. The molecule has 0 saturated heterocycles. The fourth-order valence-electron chi connectivity index (χ4n) is 2.33. The van der Waals surface area contributed by atoms with Crippen molar-refractivity contribution in [3.63, 3.8) is 0 Å². The second kappa shape index (κ2) is 6.40. The number of hydrogen-bond acceptors (Lipinski definition) is 5. The van der Waals surface area contributed by atoms with Gasteiger partial charge in [-0.15, -0.1) is 0 Å². The maximum atomic E-state index is 12.6. The molecule has 0 spiro atoms. The zero-order valence-corrected chi connectivity index (χ0v) is 13.8. The number of nitro benzene ring substituents is 1. The lowest BCUT2D eigenvalue weighted by Gasteiger charge is -2.18. The van der Waals surface area contributed by atoms with Gasteiger partial charge in [0, 0.05) is 17.7 Å². The Morgan fingerprint density at radius 1 is 1.29 bits per heavy atom. The van der Waals surface area contributed by atoms with Crippen LogP contribution in [-0.2, 0) is 4.79 Å². The molecular formula is C16H11BrN2O5. The van der Waals surface area contributed by atoms with Crippen molar-refractivity contribution < 1.29 is 19.2 Å². The molecule has 2 aromatic rings. The van der Waals surface area contributed by atoms with E-state index in [0.29, 0.717) is 22.6 Å². The van der Waals surface area contributed by atoms with E-state index in [0.717, 1.165) is 0 Å². The van der Waals surface area contributed by atoms with Gasteiger partial charge in [-0.05, 0) is 23.8 Å². The first kappa shape index (κ1) is 16.1. The molecule has 8 heteroatoms. The topological polar surface area (TPSA) is 98.5 Å². The summed E-state index contributed by atoms with van der Waals surface area (Å²) in [5, 5.41) is 13.5. The zero-order valence-electron chi connectivity index (χ0n) is 12.2.